The van der Waals surface area contributed by atoms with Gasteiger partial charge in [0.05, 0.1) is 0 Å². The number of benzene rings is 2. The number of hydrogen-bond acceptors (Lipinski definition) is 0. The van der Waals surface area contributed by atoms with E-state index in [4.69, 9.17) is 17.0 Å². The summed E-state index contributed by atoms with van der Waals surface area (Å²) in [4.78, 5) is 0. The minimum absolute atomic E-state index is 0.826. The summed E-state index contributed by atoms with van der Waals surface area (Å²) in [5.74, 6) is 0. The quantitative estimate of drug-likeness (QED) is 0.388. The van der Waals surface area contributed by atoms with Gasteiger partial charge in [-0.2, -0.15) is 6.07 Å². The van der Waals surface area contributed by atoms with Crippen LogP contribution in [0.3, 0.4) is 0 Å². The van der Waals surface area contributed by atoms with Gasteiger partial charge in [-0.15, -0.1) is 34.5 Å². The summed E-state index contributed by atoms with van der Waals surface area (Å²) in [5.41, 5.74) is 5.45. The Bertz CT molecular complexity index is 729. The summed E-state index contributed by atoms with van der Waals surface area (Å²) < 4.78 is 0. The van der Waals surface area contributed by atoms with Crippen molar-refractivity contribution >= 4 is 27.8 Å². The van der Waals surface area contributed by atoms with E-state index in [1.54, 1.807) is 0 Å². The van der Waals surface area contributed by atoms with Crippen LogP contribution < -0.4 is 0 Å². The van der Waals surface area contributed by atoms with Gasteiger partial charge >= 0.3 is 37.9 Å². The molecule has 120 valence electrons. The first-order valence-electron chi connectivity index (χ1n) is 7.91. The first-order valence-corrected chi connectivity index (χ1v) is 14.2. The van der Waals surface area contributed by atoms with Gasteiger partial charge in [0.1, 0.15) is 0 Å². The normalized spacial score (nSPS) is 10.3. The molecule has 3 aromatic carbocycles. The van der Waals surface area contributed by atoms with Crippen LogP contribution in [0.5, 0.6) is 0 Å². The fourth-order valence-electron chi connectivity index (χ4n) is 2.87. The SMILES string of the molecule is CCCCc1ccc(-c2cccc3[cH-]c(C)cc23)cc1.[Cl][Zr][Cl]. The molecule has 23 heavy (non-hydrogen) atoms. The first kappa shape index (κ1) is 18.8. The Morgan fingerprint density at radius 1 is 1.04 bits per heavy atom. The Kier molecular flexibility index (Phi) is 7.97. The van der Waals surface area contributed by atoms with E-state index in [0.29, 0.717) is 0 Å². The molecule has 0 aliphatic heterocycles. The average Bonchev–Trinajstić information content (AvgIpc) is 2.94. The van der Waals surface area contributed by atoms with Crippen LogP contribution in [0.25, 0.3) is 21.9 Å². The zero-order valence-electron chi connectivity index (χ0n) is 13.6. The van der Waals surface area contributed by atoms with E-state index in [1.807, 2.05) is 0 Å². The van der Waals surface area contributed by atoms with E-state index in [0.717, 1.165) is 0 Å². The second kappa shape index (κ2) is 9.72. The van der Waals surface area contributed by atoms with Gasteiger partial charge < -0.3 is 0 Å². The van der Waals surface area contributed by atoms with Crippen LogP contribution in [-0.2, 0) is 27.3 Å². The second-order valence-corrected chi connectivity index (χ2v) is 9.44. The molecule has 3 heteroatoms. The van der Waals surface area contributed by atoms with Crippen LogP contribution >= 0.6 is 17.0 Å². The van der Waals surface area contributed by atoms with Crippen LogP contribution in [0.1, 0.15) is 30.9 Å². The fraction of sp³-hybridized carbons (Fsp3) is 0.250. The standard InChI is InChI=1S/C20H21.2ClH.Zr/c1-3-4-6-16-9-11-17(12-10-16)19-8-5-7-18-13-15(2)14-20(18)19;;;/h5,7-14H,3-4,6H2,1-2H3;2*1H;/q-1;;;+2/p-2. The molecule has 0 amide bonds. The fourth-order valence-corrected chi connectivity index (χ4v) is 2.87. The Labute approximate surface area is 157 Å². The molecule has 0 atom stereocenters. The molecule has 0 N–H and O–H groups in total. The Morgan fingerprint density at radius 2 is 1.74 bits per heavy atom. The summed E-state index contributed by atoms with van der Waals surface area (Å²) >= 11 is -0.826. The van der Waals surface area contributed by atoms with Crippen molar-refractivity contribution in [3.63, 3.8) is 0 Å². The van der Waals surface area contributed by atoms with Gasteiger partial charge in [0.15, 0.2) is 0 Å². The van der Waals surface area contributed by atoms with Crippen molar-refractivity contribution in [3.05, 3.63) is 65.7 Å². The summed E-state index contributed by atoms with van der Waals surface area (Å²) in [5, 5.41) is 2.71. The van der Waals surface area contributed by atoms with Crippen molar-refractivity contribution in [1.82, 2.24) is 0 Å². The molecule has 0 saturated carbocycles. The second-order valence-electron chi connectivity index (χ2n) is 5.71. The van der Waals surface area contributed by atoms with Crippen LogP contribution in [0, 0.1) is 6.92 Å². The van der Waals surface area contributed by atoms with E-state index in [-0.39, 0.29) is 0 Å². The van der Waals surface area contributed by atoms with E-state index >= 15 is 0 Å². The minimum atomic E-state index is -0.826. The molecule has 3 rings (SSSR count). The molecule has 3 aromatic rings. The van der Waals surface area contributed by atoms with Gasteiger partial charge in [0.25, 0.3) is 0 Å². The number of rotatable bonds is 4. The van der Waals surface area contributed by atoms with E-state index < -0.39 is 20.8 Å². The number of unbranched alkanes of at least 4 members (excludes halogenated alkanes) is 1. The molecule has 0 aromatic heterocycles. The Hall–Kier alpha value is -0.487. The molecule has 0 aliphatic rings. The van der Waals surface area contributed by atoms with Crippen molar-refractivity contribution in [2.24, 2.45) is 0 Å². The third-order valence-electron chi connectivity index (χ3n) is 3.98. The molecule has 0 fully saturated rings. The van der Waals surface area contributed by atoms with Gasteiger partial charge in [0, 0.05) is 0 Å². The van der Waals surface area contributed by atoms with Gasteiger partial charge in [-0.25, -0.2) is 0 Å². The predicted octanol–water partition coefficient (Wildman–Crippen LogP) is 7.25. The third kappa shape index (κ3) is 5.25. The average molecular weight is 424 g/mol. The maximum absolute atomic E-state index is 4.93. The third-order valence-corrected chi connectivity index (χ3v) is 3.98. The number of hydrogen-bond donors (Lipinski definition) is 0. The summed E-state index contributed by atoms with van der Waals surface area (Å²) in [7, 11) is 9.87. The molecular weight excluding hydrogens is 402 g/mol. The van der Waals surface area contributed by atoms with E-state index in [2.05, 4.69) is 68.4 Å². The number of fused-ring (bicyclic) bond motifs is 1. The zero-order valence-corrected chi connectivity index (χ0v) is 17.5. The topological polar surface area (TPSA) is 0 Å². The zero-order chi connectivity index (χ0) is 16.7. The molecule has 0 heterocycles. The van der Waals surface area contributed by atoms with Crippen molar-refractivity contribution in [2.45, 2.75) is 33.1 Å². The Balaban J connectivity index is 0.000000595. The molecule has 0 nitrogen and oxygen atoms in total. The molecule has 0 spiro atoms. The molecule has 0 bridgehead atoms. The molecule has 0 unspecified atom stereocenters. The molecular formula is C20H21Cl2Zr-. The van der Waals surface area contributed by atoms with E-state index in [1.165, 1.54) is 52.3 Å². The number of halogens is 2. The first-order chi connectivity index (χ1) is 11.2. The summed E-state index contributed by atoms with van der Waals surface area (Å²) in [6.45, 7) is 4.41. The van der Waals surface area contributed by atoms with Crippen LogP contribution in [0.4, 0.5) is 0 Å². The van der Waals surface area contributed by atoms with Crippen molar-refractivity contribution in [3.8, 4) is 11.1 Å². The van der Waals surface area contributed by atoms with Crippen molar-refractivity contribution < 1.29 is 20.8 Å². The molecule has 0 radical (unpaired) electrons. The van der Waals surface area contributed by atoms with Crippen LogP contribution in [-0.4, -0.2) is 0 Å². The van der Waals surface area contributed by atoms with Gasteiger partial charge in [-0.1, -0.05) is 56.2 Å². The summed E-state index contributed by atoms with van der Waals surface area (Å²) in [6.07, 6.45) is 3.72. The van der Waals surface area contributed by atoms with Crippen LogP contribution in [0.2, 0.25) is 0 Å². The summed E-state index contributed by atoms with van der Waals surface area (Å²) in [6, 6.07) is 20.2. The Morgan fingerprint density at radius 3 is 2.39 bits per heavy atom. The van der Waals surface area contributed by atoms with Gasteiger partial charge in [0.2, 0.25) is 0 Å². The number of aryl methyl sites for hydroxylation is 2. The molecule has 0 aliphatic carbocycles. The van der Waals surface area contributed by atoms with E-state index in [9.17, 15) is 0 Å². The monoisotopic (exact) mass is 421 g/mol. The van der Waals surface area contributed by atoms with Crippen molar-refractivity contribution in [1.29, 1.82) is 0 Å². The van der Waals surface area contributed by atoms with Gasteiger partial charge in [-0.3, -0.25) is 0 Å². The predicted molar refractivity (Wildman–Crippen MR) is 100 cm³/mol. The van der Waals surface area contributed by atoms with Crippen LogP contribution in [0.15, 0.2) is 54.6 Å². The maximum atomic E-state index is 4.93. The van der Waals surface area contributed by atoms with Gasteiger partial charge in [-0.05, 0) is 24.0 Å². The van der Waals surface area contributed by atoms with Crippen molar-refractivity contribution in [2.75, 3.05) is 0 Å². The molecule has 0 saturated heterocycles.